The van der Waals surface area contributed by atoms with Crippen molar-refractivity contribution in [1.82, 2.24) is 14.8 Å². The van der Waals surface area contributed by atoms with Crippen molar-refractivity contribution in [2.24, 2.45) is 7.05 Å². The first-order chi connectivity index (χ1) is 14.9. The van der Waals surface area contributed by atoms with Crippen LogP contribution in [-0.2, 0) is 33.6 Å². The summed E-state index contributed by atoms with van der Waals surface area (Å²) in [4.78, 5) is 0.0607. The SMILES string of the molecule is COCCc1nnc(-c2cc(Cl)c(F)cc2NS(=O)(=O)c2ccc(C(C)(C)C)cc2)n1C. The lowest BCUT2D eigenvalue weighted by Gasteiger charge is -2.19. The van der Waals surface area contributed by atoms with Crippen LogP contribution in [-0.4, -0.2) is 36.9 Å². The molecule has 7 nitrogen and oxygen atoms in total. The number of hydrogen-bond acceptors (Lipinski definition) is 5. The van der Waals surface area contributed by atoms with Crippen molar-refractivity contribution in [3.05, 3.63) is 58.6 Å². The van der Waals surface area contributed by atoms with E-state index in [0.717, 1.165) is 11.6 Å². The number of aromatic nitrogens is 3. The first kappa shape index (κ1) is 24.2. The van der Waals surface area contributed by atoms with Crippen LogP contribution in [0.1, 0.15) is 32.2 Å². The summed E-state index contributed by atoms with van der Waals surface area (Å²) in [6.07, 6.45) is 0.510. The maximum Gasteiger partial charge on any atom is 0.261 e. The normalized spacial score (nSPS) is 12.2. The highest BCUT2D eigenvalue weighted by Crippen LogP contribution is 2.33. The topological polar surface area (TPSA) is 86.1 Å². The summed E-state index contributed by atoms with van der Waals surface area (Å²) in [7, 11) is -0.675. The largest absolute Gasteiger partial charge is 0.384 e. The predicted molar refractivity (Wildman–Crippen MR) is 123 cm³/mol. The minimum absolute atomic E-state index is 0.0144. The van der Waals surface area contributed by atoms with Gasteiger partial charge in [0.25, 0.3) is 10.0 Å². The standard InChI is InChI=1S/C22H26ClFN4O3S/c1-22(2,3)14-6-8-15(9-7-14)32(29,30)27-19-13-18(24)17(23)12-16(19)21-26-25-20(28(21)4)10-11-31-5/h6-9,12-13,27H,10-11H2,1-5H3. The Hall–Kier alpha value is -2.49. The second-order valence-electron chi connectivity index (χ2n) is 8.43. The van der Waals surface area contributed by atoms with E-state index in [0.29, 0.717) is 30.2 Å². The number of nitrogens with one attached hydrogen (secondary N) is 1. The van der Waals surface area contributed by atoms with E-state index in [1.54, 1.807) is 30.9 Å². The third-order valence-corrected chi connectivity index (χ3v) is 6.74. The van der Waals surface area contributed by atoms with Crippen molar-refractivity contribution in [3.8, 4) is 11.4 Å². The van der Waals surface area contributed by atoms with E-state index < -0.39 is 15.8 Å². The van der Waals surface area contributed by atoms with Gasteiger partial charge in [0, 0.05) is 32.2 Å². The van der Waals surface area contributed by atoms with Gasteiger partial charge >= 0.3 is 0 Å². The fourth-order valence-electron chi connectivity index (χ4n) is 3.16. The minimum atomic E-state index is -3.99. The van der Waals surface area contributed by atoms with E-state index in [2.05, 4.69) is 14.9 Å². The Balaban J connectivity index is 2.02. The van der Waals surface area contributed by atoms with Crippen LogP contribution in [0.4, 0.5) is 10.1 Å². The molecule has 0 unspecified atom stereocenters. The maximum atomic E-state index is 14.3. The molecule has 3 rings (SSSR count). The molecule has 0 aliphatic rings. The molecule has 0 atom stereocenters. The molecule has 2 aromatic carbocycles. The number of methoxy groups -OCH3 is 1. The molecule has 32 heavy (non-hydrogen) atoms. The molecule has 0 saturated carbocycles. The van der Waals surface area contributed by atoms with E-state index in [4.69, 9.17) is 16.3 Å². The van der Waals surface area contributed by atoms with Gasteiger partial charge in [0.05, 0.1) is 22.2 Å². The lowest BCUT2D eigenvalue weighted by atomic mass is 9.87. The molecule has 0 bridgehead atoms. The van der Waals surface area contributed by atoms with Gasteiger partial charge in [-0.1, -0.05) is 44.5 Å². The zero-order valence-electron chi connectivity index (χ0n) is 18.6. The van der Waals surface area contributed by atoms with Crippen molar-refractivity contribution < 1.29 is 17.5 Å². The molecule has 0 aliphatic heterocycles. The Labute approximate surface area is 192 Å². The fourth-order valence-corrected chi connectivity index (χ4v) is 4.40. The van der Waals surface area contributed by atoms with E-state index in [1.165, 1.54) is 18.2 Å². The summed E-state index contributed by atoms with van der Waals surface area (Å²) in [6.45, 7) is 6.57. The molecule has 172 valence electrons. The molecule has 1 aromatic heterocycles. The molecule has 0 radical (unpaired) electrons. The van der Waals surface area contributed by atoms with Gasteiger partial charge in [-0.3, -0.25) is 4.72 Å². The zero-order valence-corrected chi connectivity index (χ0v) is 20.2. The lowest BCUT2D eigenvalue weighted by Crippen LogP contribution is -2.16. The molecule has 1 heterocycles. The van der Waals surface area contributed by atoms with Crippen molar-refractivity contribution in [1.29, 1.82) is 0 Å². The maximum absolute atomic E-state index is 14.3. The Morgan fingerprint density at radius 2 is 1.81 bits per heavy atom. The molecule has 3 aromatic rings. The van der Waals surface area contributed by atoms with Crippen LogP contribution in [0.5, 0.6) is 0 Å². The third kappa shape index (κ3) is 5.11. The lowest BCUT2D eigenvalue weighted by molar-refractivity contribution is 0.200. The van der Waals surface area contributed by atoms with Gasteiger partial charge in [-0.05, 0) is 29.2 Å². The van der Waals surface area contributed by atoms with Crippen LogP contribution >= 0.6 is 11.6 Å². The first-order valence-electron chi connectivity index (χ1n) is 9.94. The van der Waals surface area contributed by atoms with Gasteiger partial charge in [0.1, 0.15) is 11.6 Å². The van der Waals surface area contributed by atoms with E-state index in [-0.39, 0.29) is 21.0 Å². The van der Waals surface area contributed by atoms with Crippen molar-refractivity contribution >= 4 is 27.3 Å². The van der Waals surface area contributed by atoms with Crippen LogP contribution in [0.25, 0.3) is 11.4 Å². The quantitative estimate of drug-likeness (QED) is 0.535. The van der Waals surface area contributed by atoms with Crippen LogP contribution < -0.4 is 4.72 Å². The van der Waals surface area contributed by atoms with E-state index in [9.17, 15) is 12.8 Å². The van der Waals surface area contributed by atoms with E-state index in [1.807, 2.05) is 20.8 Å². The highest BCUT2D eigenvalue weighted by molar-refractivity contribution is 7.92. The highest BCUT2D eigenvalue weighted by atomic mass is 35.5. The van der Waals surface area contributed by atoms with Gasteiger partial charge in [-0.2, -0.15) is 0 Å². The predicted octanol–water partition coefficient (Wildman–Crippen LogP) is 4.56. The third-order valence-electron chi connectivity index (χ3n) is 5.07. The molecule has 0 spiro atoms. The van der Waals surface area contributed by atoms with Gasteiger partial charge in [0.2, 0.25) is 0 Å². The highest BCUT2D eigenvalue weighted by Gasteiger charge is 2.22. The van der Waals surface area contributed by atoms with Crippen molar-refractivity contribution in [2.45, 2.75) is 37.5 Å². The second kappa shape index (κ2) is 9.17. The van der Waals surface area contributed by atoms with Crippen LogP contribution in [0.3, 0.4) is 0 Å². The molecule has 0 amide bonds. The number of rotatable bonds is 7. The molecule has 10 heteroatoms. The summed E-state index contributed by atoms with van der Waals surface area (Å²) in [5.41, 5.74) is 1.20. The summed E-state index contributed by atoms with van der Waals surface area (Å²) in [5.74, 6) is 0.227. The Morgan fingerprint density at radius 3 is 2.41 bits per heavy atom. The van der Waals surface area contributed by atoms with Crippen LogP contribution in [0, 0.1) is 5.82 Å². The van der Waals surface area contributed by atoms with Gasteiger partial charge in [-0.15, -0.1) is 10.2 Å². The van der Waals surface area contributed by atoms with Crippen molar-refractivity contribution in [3.63, 3.8) is 0 Å². The number of halogens is 2. The minimum Gasteiger partial charge on any atom is -0.384 e. The molecule has 0 fully saturated rings. The van der Waals surface area contributed by atoms with Crippen molar-refractivity contribution in [2.75, 3.05) is 18.4 Å². The average Bonchev–Trinajstić information content (AvgIpc) is 3.08. The summed E-state index contributed by atoms with van der Waals surface area (Å²) >= 11 is 6.00. The Morgan fingerprint density at radius 1 is 1.16 bits per heavy atom. The summed E-state index contributed by atoms with van der Waals surface area (Å²) in [5, 5.41) is 8.13. The zero-order chi connectivity index (χ0) is 23.7. The number of nitrogens with zero attached hydrogens (tertiary/aromatic N) is 3. The second-order valence-corrected chi connectivity index (χ2v) is 10.5. The summed E-state index contributed by atoms with van der Waals surface area (Å²) in [6, 6.07) is 8.97. The first-order valence-corrected chi connectivity index (χ1v) is 11.8. The molecular weight excluding hydrogens is 455 g/mol. The van der Waals surface area contributed by atoms with Gasteiger partial charge in [0.15, 0.2) is 5.82 Å². The Bertz CT molecular complexity index is 1220. The molecular formula is C22H26ClFN4O3S. The smallest absolute Gasteiger partial charge is 0.261 e. The van der Waals surface area contributed by atoms with Gasteiger partial charge in [-0.25, -0.2) is 12.8 Å². The monoisotopic (exact) mass is 480 g/mol. The number of benzene rings is 2. The molecule has 1 N–H and O–H groups in total. The number of sulfonamides is 1. The van der Waals surface area contributed by atoms with Crippen LogP contribution in [0.15, 0.2) is 41.3 Å². The number of ether oxygens (including phenoxy) is 1. The Kier molecular flexibility index (Phi) is 6.92. The number of hydrogen-bond donors (Lipinski definition) is 1. The fraction of sp³-hybridized carbons (Fsp3) is 0.364. The van der Waals surface area contributed by atoms with Gasteiger partial charge < -0.3 is 9.30 Å². The van der Waals surface area contributed by atoms with E-state index >= 15 is 0 Å². The average molecular weight is 481 g/mol. The molecule has 0 saturated heterocycles. The molecule has 0 aliphatic carbocycles. The van der Waals surface area contributed by atoms with Crippen LogP contribution in [0.2, 0.25) is 5.02 Å². The summed E-state index contributed by atoms with van der Waals surface area (Å²) < 4.78 is 49.6. The number of anilines is 1.